The molecule has 14 heteroatoms. The number of halogens is 4. The van der Waals surface area contributed by atoms with E-state index >= 15 is 13.2 Å². The van der Waals surface area contributed by atoms with E-state index in [0.717, 1.165) is 19.4 Å². The molecule has 0 aliphatic carbocycles. The Hall–Kier alpha value is -4.69. The number of aryl methyl sites for hydroxylation is 1. The van der Waals surface area contributed by atoms with Gasteiger partial charge in [-0.3, -0.25) is 4.90 Å². The van der Waals surface area contributed by atoms with Gasteiger partial charge in [0.15, 0.2) is 12.6 Å². The highest BCUT2D eigenvalue weighted by Crippen LogP contribution is 2.44. The molecule has 0 radical (unpaired) electrons. The van der Waals surface area contributed by atoms with E-state index in [1.54, 1.807) is 44.7 Å². The minimum absolute atomic E-state index is 0.0949. The fourth-order valence-corrected chi connectivity index (χ4v) is 8.03. The quantitative estimate of drug-likeness (QED) is 0.125. The van der Waals surface area contributed by atoms with E-state index < -0.39 is 40.2 Å². The maximum absolute atomic E-state index is 17.3. The molecule has 3 aliphatic heterocycles. The van der Waals surface area contributed by atoms with Gasteiger partial charge >= 0.3 is 12.1 Å². The Bertz CT molecular complexity index is 2120. The number of ether oxygens (including phenoxy) is 4. The summed E-state index contributed by atoms with van der Waals surface area (Å²) >= 11 is 0. The zero-order chi connectivity index (χ0) is 38.4. The molecule has 0 N–H and O–H groups in total. The molecule has 54 heavy (non-hydrogen) atoms. The SMILES string of the molecule is CCc1c(F)ccc2cc(OCOC)cc(-c3c(F)cc4c(N5CCN(C(=O)OC(C)(C)C)CC5)nc(OCC56CCCN5C/C(=C\F)C6)nc4c3F)c12. The zero-order valence-corrected chi connectivity index (χ0v) is 31.2. The summed E-state index contributed by atoms with van der Waals surface area (Å²) in [4.78, 5) is 27.7. The maximum Gasteiger partial charge on any atom is 0.410 e. The number of benzene rings is 3. The predicted octanol–water partition coefficient (Wildman–Crippen LogP) is 7.94. The third-order valence-electron chi connectivity index (χ3n) is 10.5. The minimum Gasteiger partial charge on any atom is -0.468 e. The van der Waals surface area contributed by atoms with E-state index in [9.17, 15) is 9.18 Å². The van der Waals surface area contributed by atoms with Gasteiger partial charge < -0.3 is 28.7 Å². The average molecular weight is 752 g/mol. The van der Waals surface area contributed by atoms with Crippen LogP contribution in [0.2, 0.25) is 0 Å². The summed E-state index contributed by atoms with van der Waals surface area (Å²) in [7, 11) is 1.46. The summed E-state index contributed by atoms with van der Waals surface area (Å²) in [5.74, 6) is -1.86. The molecule has 1 aromatic heterocycles. The van der Waals surface area contributed by atoms with Crippen molar-refractivity contribution in [3.8, 4) is 22.9 Å². The number of carbonyl (C=O) groups is 1. The van der Waals surface area contributed by atoms with Crippen LogP contribution >= 0.6 is 0 Å². The Morgan fingerprint density at radius 2 is 1.78 bits per heavy atom. The van der Waals surface area contributed by atoms with Gasteiger partial charge in [0, 0.05) is 45.2 Å². The van der Waals surface area contributed by atoms with E-state index in [-0.39, 0.29) is 67.0 Å². The van der Waals surface area contributed by atoms with Crippen molar-refractivity contribution in [2.45, 2.75) is 64.5 Å². The fourth-order valence-electron chi connectivity index (χ4n) is 8.03. The van der Waals surface area contributed by atoms with Crippen molar-refractivity contribution < 1.29 is 41.3 Å². The second-order valence-corrected chi connectivity index (χ2v) is 15.2. The number of amides is 1. The van der Waals surface area contributed by atoms with Gasteiger partial charge in [0.25, 0.3) is 0 Å². The molecule has 1 unspecified atom stereocenters. The van der Waals surface area contributed by atoms with Crippen molar-refractivity contribution >= 4 is 33.6 Å². The number of fused-ring (bicyclic) bond motifs is 3. The van der Waals surface area contributed by atoms with Gasteiger partial charge in [-0.2, -0.15) is 9.97 Å². The number of anilines is 1. The molecule has 1 atom stereocenters. The van der Waals surface area contributed by atoms with Crippen LogP contribution in [0, 0.1) is 17.5 Å². The Morgan fingerprint density at radius 3 is 2.48 bits per heavy atom. The molecule has 3 fully saturated rings. The van der Waals surface area contributed by atoms with Crippen LogP contribution in [0.15, 0.2) is 42.2 Å². The van der Waals surface area contributed by atoms with Crippen LogP contribution < -0.4 is 14.4 Å². The summed E-state index contributed by atoms with van der Waals surface area (Å²) in [6.45, 7) is 9.63. The molecule has 3 aromatic carbocycles. The average Bonchev–Trinajstić information content (AvgIpc) is 3.70. The summed E-state index contributed by atoms with van der Waals surface area (Å²) in [6.07, 6.45) is 2.67. The number of nitrogens with zero attached hydrogens (tertiary/aromatic N) is 5. The molecule has 0 saturated carbocycles. The van der Waals surface area contributed by atoms with Crippen LogP contribution in [0.5, 0.6) is 11.8 Å². The number of hydrogen-bond acceptors (Lipinski definition) is 9. The smallest absolute Gasteiger partial charge is 0.410 e. The van der Waals surface area contributed by atoms with Crippen molar-refractivity contribution in [2.24, 2.45) is 0 Å². The highest BCUT2D eigenvalue weighted by Gasteiger charge is 2.47. The summed E-state index contributed by atoms with van der Waals surface area (Å²) in [5.41, 5.74) is -0.650. The number of rotatable bonds is 9. The zero-order valence-electron chi connectivity index (χ0n) is 31.2. The van der Waals surface area contributed by atoms with Gasteiger partial charge in [-0.1, -0.05) is 13.0 Å². The van der Waals surface area contributed by atoms with Crippen molar-refractivity contribution in [1.29, 1.82) is 0 Å². The van der Waals surface area contributed by atoms with Crippen molar-refractivity contribution in [2.75, 3.05) is 64.7 Å². The lowest BCUT2D eigenvalue weighted by Gasteiger charge is -2.36. The van der Waals surface area contributed by atoms with E-state index in [2.05, 4.69) is 9.88 Å². The first-order valence-corrected chi connectivity index (χ1v) is 18.3. The molecular weight excluding hydrogens is 706 g/mol. The molecule has 4 aromatic rings. The second kappa shape index (κ2) is 14.9. The van der Waals surface area contributed by atoms with Crippen molar-refractivity contribution in [3.05, 3.63) is 65.2 Å². The van der Waals surface area contributed by atoms with E-state index in [4.69, 9.17) is 23.9 Å². The highest BCUT2D eigenvalue weighted by atomic mass is 19.1. The summed E-state index contributed by atoms with van der Waals surface area (Å²) in [6, 6.07) is 7.10. The molecule has 0 bridgehead atoms. The Morgan fingerprint density at radius 1 is 1.00 bits per heavy atom. The third kappa shape index (κ3) is 7.13. The van der Waals surface area contributed by atoms with Crippen LogP contribution in [-0.2, 0) is 15.9 Å². The summed E-state index contributed by atoms with van der Waals surface area (Å²) in [5, 5.41) is 0.987. The van der Waals surface area contributed by atoms with Crippen LogP contribution in [0.25, 0.3) is 32.8 Å². The van der Waals surface area contributed by atoms with Crippen LogP contribution in [0.4, 0.5) is 28.2 Å². The van der Waals surface area contributed by atoms with Crippen LogP contribution in [-0.4, -0.2) is 96.8 Å². The molecular formula is C40H45F4N5O5. The molecule has 1 amide bonds. The van der Waals surface area contributed by atoms with Crippen LogP contribution in [0.1, 0.15) is 52.5 Å². The van der Waals surface area contributed by atoms with Gasteiger partial charge in [-0.05, 0) is 105 Å². The van der Waals surface area contributed by atoms with Crippen LogP contribution in [0.3, 0.4) is 0 Å². The first-order valence-electron chi connectivity index (χ1n) is 18.3. The second-order valence-electron chi connectivity index (χ2n) is 15.2. The molecule has 3 saturated heterocycles. The number of carbonyl (C=O) groups excluding carboxylic acids is 1. The normalized spacial score (nSPS) is 20.0. The number of hydrogen-bond donors (Lipinski definition) is 0. The van der Waals surface area contributed by atoms with E-state index in [1.165, 1.54) is 25.3 Å². The fraction of sp³-hybridized carbons (Fsp3) is 0.475. The van der Waals surface area contributed by atoms with Gasteiger partial charge in [0.1, 0.15) is 40.9 Å². The summed E-state index contributed by atoms with van der Waals surface area (Å²) < 4.78 is 85.5. The Balaban J connectivity index is 1.35. The third-order valence-corrected chi connectivity index (χ3v) is 10.5. The molecule has 10 nitrogen and oxygen atoms in total. The molecule has 4 heterocycles. The largest absolute Gasteiger partial charge is 0.468 e. The first-order chi connectivity index (χ1) is 25.8. The maximum atomic E-state index is 17.3. The van der Waals surface area contributed by atoms with Crippen molar-refractivity contribution in [3.63, 3.8) is 0 Å². The number of aromatic nitrogens is 2. The molecule has 7 rings (SSSR count). The van der Waals surface area contributed by atoms with Gasteiger partial charge in [-0.25, -0.2) is 22.4 Å². The topological polar surface area (TPSA) is 89.5 Å². The number of piperazine rings is 1. The lowest BCUT2D eigenvalue weighted by molar-refractivity contribution is 0.0240. The Kier molecular flexibility index (Phi) is 10.4. The van der Waals surface area contributed by atoms with E-state index in [1.807, 2.05) is 4.90 Å². The standard InChI is InChI=1S/C40H45F4N5O5/c1-6-27-30(42)9-8-25-16-26(53-23-51-5)17-28(32(25)27)33-31(43)18-29-35(34(33)44)45-37(52-22-40-10-7-11-49(40)21-24(19-40)20-41)46-36(29)47-12-14-48(15-13-47)38(50)54-39(2,3)4/h8-9,16-18,20H,6-7,10-15,19,21-23H2,1-5H3/b24-20-. The monoisotopic (exact) mass is 751 g/mol. The van der Waals surface area contributed by atoms with Gasteiger partial charge in [-0.15, -0.1) is 0 Å². The molecule has 0 spiro atoms. The lowest BCUT2D eigenvalue weighted by atomic mass is 9.91. The molecule has 3 aliphatic rings. The lowest BCUT2D eigenvalue weighted by Crippen LogP contribution is -2.50. The Labute approximate surface area is 311 Å². The minimum atomic E-state index is -0.980. The predicted molar refractivity (Wildman–Crippen MR) is 197 cm³/mol. The van der Waals surface area contributed by atoms with Gasteiger partial charge in [0.2, 0.25) is 0 Å². The van der Waals surface area contributed by atoms with Crippen molar-refractivity contribution in [1.82, 2.24) is 19.8 Å². The number of methoxy groups -OCH3 is 1. The van der Waals surface area contributed by atoms with E-state index in [0.29, 0.717) is 54.3 Å². The first kappa shape index (κ1) is 37.6. The highest BCUT2D eigenvalue weighted by molar-refractivity contribution is 6.03. The van der Waals surface area contributed by atoms with Gasteiger partial charge in [0.05, 0.1) is 17.4 Å². The molecule has 288 valence electrons.